The molecule has 1 heterocycles. The van der Waals surface area contributed by atoms with Crippen LogP contribution >= 0.6 is 0 Å². The molecule has 2 N–H and O–H groups in total. The number of carbonyl (C=O) groups excluding carboxylic acids is 1. The number of amides is 2. The summed E-state index contributed by atoms with van der Waals surface area (Å²) in [5.41, 5.74) is 5.17. The number of hydrogen-bond acceptors (Lipinski definition) is 2. The lowest BCUT2D eigenvalue weighted by Crippen LogP contribution is -2.33. The van der Waals surface area contributed by atoms with Gasteiger partial charge in [-0.2, -0.15) is 18.2 Å². The van der Waals surface area contributed by atoms with Gasteiger partial charge in [0.05, 0.1) is 5.56 Å². The normalized spacial score (nSPS) is 19.8. The second-order valence-corrected chi connectivity index (χ2v) is 4.13. The number of aliphatic imine (C=N–C) groups is 1. The Balaban J connectivity index is 2.42. The maximum atomic E-state index is 12.7. The van der Waals surface area contributed by atoms with E-state index in [4.69, 9.17) is 5.73 Å². The summed E-state index contributed by atoms with van der Waals surface area (Å²) < 4.78 is 38.0. The topological polar surface area (TPSA) is 58.7 Å². The molecule has 2 amide bonds. The van der Waals surface area contributed by atoms with Crippen molar-refractivity contribution < 1.29 is 18.0 Å². The average Bonchev–Trinajstić information content (AvgIpc) is 2.62. The molecule has 1 aliphatic heterocycles. The number of amidine groups is 1. The molecule has 7 heteroatoms. The zero-order valence-corrected chi connectivity index (χ0v) is 10.1. The van der Waals surface area contributed by atoms with Crippen LogP contribution in [0.15, 0.2) is 29.3 Å². The fourth-order valence-corrected chi connectivity index (χ4v) is 2.06. The Hall–Kier alpha value is -2.05. The van der Waals surface area contributed by atoms with Crippen molar-refractivity contribution in [2.75, 3.05) is 6.54 Å². The second-order valence-electron chi connectivity index (χ2n) is 4.13. The highest BCUT2D eigenvalue weighted by Crippen LogP contribution is 2.33. The first-order valence-electron chi connectivity index (χ1n) is 5.66. The molecule has 0 aliphatic carbocycles. The van der Waals surface area contributed by atoms with Gasteiger partial charge in [0.1, 0.15) is 11.9 Å². The van der Waals surface area contributed by atoms with Gasteiger partial charge in [-0.15, -0.1) is 0 Å². The second kappa shape index (κ2) is 4.56. The van der Waals surface area contributed by atoms with Gasteiger partial charge in [0, 0.05) is 6.54 Å². The number of rotatable bonds is 2. The van der Waals surface area contributed by atoms with Crippen LogP contribution in [-0.2, 0) is 6.18 Å². The molecular weight excluding hydrogens is 259 g/mol. The number of alkyl halides is 3. The van der Waals surface area contributed by atoms with Crippen molar-refractivity contribution in [3.05, 3.63) is 35.4 Å². The van der Waals surface area contributed by atoms with E-state index in [9.17, 15) is 18.0 Å². The highest BCUT2D eigenvalue weighted by atomic mass is 19.4. The molecule has 102 valence electrons. The van der Waals surface area contributed by atoms with Gasteiger partial charge in [0.15, 0.2) is 0 Å². The minimum absolute atomic E-state index is 0.0196. The fraction of sp³-hybridized carbons (Fsp3) is 0.333. The molecule has 1 aliphatic rings. The van der Waals surface area contributed by atoms with E-state index in [1.165, 1.54) is 17.0 Å². The molecule has 1 unspecified atom stereocenters. The van der Waals surface area contributed by atoms with Crippen molar-refractivity contribution in [3.63, 3.8) is 0 Å². The Kier molecular flexibility index (Phi) is 3.21. The van der Waals surface area contributed by atoms with Gasteiger partial charge < -0.3 is 10.6 Å². The minimum Gasteiger partial charge on any atom is -0.385 e. The summed E-state index contributed by atoms with van der Waals surface area (Å²) in [5, 5.41) is 0. The number of halogens is 3. The van der Waals surface area contributed by atoms with Crippen LogP contribution in [0.25, 0.3) is 0 Å². The molecule has 1 aromatic rings. The molecule has 2 rings (SSSR count). The van der Waals surface area contributed by atoms with Crippen molar-refractivity contribution in [3.8, 4) is 0 Å². The molecule has 0 aromatic heterocycles. The highest BCUT2D eigenvalue weighted by Gasteiger charge is 2.36. The SMILES string of the molecule is CCN1C(=O)N=C(N)C1c1cccc(C(F)(F)F)c1. The van der Waals surface area contributed by atoms with Gasteiger partial charge in [-0.1, -0.05) is 12.1 Å². The lowest BCUT2D eigenvalue weighted by atomic mass is 10.0. The quantitative estimate of drug-likeness (QED) is 0.898. The molecule has 4 nitrogen and oxygen atoms in total. The largest absolute Gasteiger partial charge is 0.416 e. The predicted molar refractivity (Wildman–Crippen MR) is 63.6 cm³/mol. The van der Waals surface area contributed by atoms with Crippen molar-refractivity contribution >= 4 is 11.9 Å². The number of urea groups is 1. The lowest BCUT2D eigenvalue weighted by Gasteiger charge is -2.23. The summed E-state index contributed by atoms with van der Waals surface area (Å²) >= 11 is 0. The van der Waals surface area contributed by atoms with Crippen molar-refractivity contribution in [2.24, 2.45) is 10.7 Å². The van der Waals surface area contributed by atoms with E-state index < -0.39 is 23.8 Å². The van der Waals surface area contributed by atoms with Gasteiger partial charge in [-0.25, -0.2) is 4.79 Å². The summed E-state index contributed by atoms with van der Waals surface area (Å²) in [5.74, 6) is 0.0196. The molecule has 1 aromatic carbocycles. The highest BCUT2D eigenvalue weighted by molar-refractivity contribution is 6.03. The van der Waals surface area contributed by atoms with Crippen molar-refractivity contribution in [1.29, 1.82) is 0 Å². The van der Waals surface area contributed by atoms with E-state index in [0.29, 0.717) is 12.1 Å². The van der Waals surface area contributed by atoms with E-state index in [0.717, 1.165) is 12.1 Å². The Morgan fingerprint density at radius 3 is 2.68 bits per heavy atom. The van der Waals surface area contributed by atoms with Gasteiger partial charge in [-0.05, 0) is 24.6 Å². The number of carbonyl (C=O) groups is 1. The van der Waals surface area contributed by atoms with Crippen LogP contribution in [0.4, 0.5) is 18.0 Å². The Labute approximate surface area is 107 Å². The lowest BCUT2D eigenvalue weighted by molar-refractivity contribution is -0.137. The number of likely N-dealkylation sites (N-methyl/N-ethyl adjacent to an activating group) is 1. The van der Waals surface area contributed by atoms with Crippen LogP contribution in [0.5, 0.6) is 0 Å². The summed E-state index contributed by atoms with van der Waals surface area (Å²) in [4.78, 5) is 16.4. The van der Waals surface area contributed by atoms with E-state index in [-0.39, 0.29) is 5.84 Å². The first-order valence-corrected chi connectivity index (χ1v) is 5.66. The summed E-state index contributed by atoms with van der Waals surface area (Å²) in [6.07, 6.45) is -4.43. The van der Waals surface area contributed by atoms with E-state index in [2.05, 4.69) is 4.99 Å². The van der Waals surface area contributed by atoms with Crippen LogP contribution in [0, 0.1) is 0 Å². The van der Waals surface area contributed by atoms with E-state index in [1.54, 1.807) is 6.92 Å². The zero-order valence-electron chi connectivity index (χ0n) is 10.1. The third-order valence-electron chi connectivity index (χ3n) is 2.93. The summed E-state index contributed by atoms with van der Waals surface area (Å²) in [6, 6.07) is 3.52. The minimum atomic E-state index is -4.43. The number of nitrogens with two attached hydrogens (primary N) is 1. The van der Waals surface area contributed by atoms with Crippen LogP contribution in [0.2, 0.25) is 0 Å². The molecular formula is C12H12F3N3O. The molecule has 0 radical (unpaired) electrons. The predicted octanol–water partition coefficient (Wildman–Crippen LogP) is 2.56. The van der Waals surface area contributed by atoms with Crippen molar-refractivity contribution in [1.82, 2.24) is 4.90 Å². The van der Waals surface area contributed by atoms with Gasteiger partial charge in [0.25, 0.3) is 0 Å². The maximum absolute atomic E-state index is 12.7. The van der Waals surface area contributed by atoms with Crippen LogP contribution in [0.1, 0.15) is 24.1 Å². The Morgan fingerprint density at radius 2 is 2.11 bits per heavy atom. The molecule has 0 bridgehead atoms. The molecule has 0 saturated heterocycles. The molecule has 1 atom stereocenters. The Bertz CT molecular complexity index is 539. The molecule has 19 heavy (non-hydrogen) atoms. The van der Waals surface area contributed by atoms with Crippen molar-refractivity contribution in [2.45, 2.75) is 19.1 Å². The van der Waals surface area contributed by atoms with Gasteiger partial charge >= 0.3 is 12.2 Å². The third-order valence-corrected chi connectivity index (χ3v) is 2.93. The average molecular weight is 271 g/mol. The number of nitrogens with zero attached hydrogens (tertiary/aromatic N) is 2. The van der Waals surface area contributed by atoms with Gasteiger partial charge in [0.2, 0.25) is 0 Å². The van der Waals surface area contributed by atoms with E-state index in [1.807, 2.05) is 0 Å². The summed E-state index contributed by atoms with van der Waals surface area (Å²) in [7, 11) is 0. The smallest absolute Gasteiger partial charge is 0.385 e. The number of benzene rings is 1. The molecule has 0 saturated carbocycles. The van der Waals surface area contributed by atoms with Gasteiger partial charge in [-0.3, -0.25) is 0 Å². The van der Waals surface area contributed by atoms with Crippen LogP contribution in [0.3, 0.4) is 0 Å². The Morgan fingerprint density at radius 1 is 1.42 bits per heavy atom. The monoisotopic (exact) mass is 271 g/mol. The standard InChI is InChI=1S/C12H12F3N3O/c1-2-18-9(10(16)17-11(18)19)7-4-3-5-8(6-7)12(13,14)15/h3-6,9H,2H2,1H3,(H2,16,17,19). The van der Waals surface area contributed by atoms with Crippen LogP contribution < -0.4 is 5.73 Å². The molecule has 0 fully saturated rings. The zero-order chi connectivity index (χ0) is 14.2. The number of hydrogen-bond donors (Lipinski definition) is 1. The molecule has 0 spiro atoms. The third kappa shape index (κ3) is 2.40. The maximum Gasteiger partial charge on any atom is 0.416 e. The van der Waals surface area contributed by atoms with E-state index >= 15 is 0 Å². The fourth-order valence-electron chi connectivity index (χ4n) is 2.06. The summed E-state index contributed by atoms with van der Waals surface area (Å²) in [6.45, 7) is 2.04. The van der Waals surface area contributed by atoms with Crippen LogP contribution in [-0.4, -0.2) is 23.3 Å². The first kappa shape index (κ1) is 13.4. The first-order chi connectivity index (χ1) is 8.84.